The number of aryl methyl sites for hydroxylation is 1. The van der Waals surface area contributed by atoms with Crippen LogP contribution in [0, 0.1) is 53.3 Å². The van der Waals surface area contributed by atoms with E-state index < -0.39 is 0 Å². The second kappa shape index (κ2) is 6.21. The Hall–Kier alpha value is -1.16. The molecule has 5 aliphatic carbocycles. The van der Waals surface area contributed by atoms with Crippen LogP contribution in [0.3, 0.4) is 0 Å². The predicted octanol–water partition coefficient (Wildman–Crippen LogP) is 4.78. The normalized spacial score (nSPS) is 51.5. The summed E-state index contributed by atoms with van der Waals surface area (Å²) in [6, 6.07) is 0. The van der Waals surface area contributed by atoms with Gasteiger partial charge in [-0.3, -0.25) is 9.48 Å². The molecule has 1 aromatic rings. The molecule has 1 heterocycles. The molecule has 30 heavy (non-hydrogen) atoms. The van der Waals surface area contributed by atoms with Crippen molar-refractivity contribution >= 4 is 5.78 Å². The topological polar surface area (TPSA) is 55.1 Å². The van der Waals surface area contributed by atoms with Crippen molar-refractivity contribution in [3.63, 3.8) is 0 Å². The molecule has 0 aromatic carbocycles. The first-order valence-electron chi connectivity index (χ1n) is 12.5. The van der Waals surface area contributed by atoms with Gasteiger partial charge in [-0.05, 0) is 111 Å². The molecule has 1 N–H and O–H groups in total. The van der Waals surface area contributed by atoms with Crippen LogP contribution in [0.1, 0.15) is 77.2 Å². The number of hydrogen-bond donors (Lipinski definition) is 1. The highest BCUT2D eigenvalue weighted by molar-refractivity contribution is 5.82. The monoisotopic (exact) mass is 410 g/mol. The summed E-state index contributed by atoms with van der Waals surface area (Å²) < 4.78 is 1.84. The lowest BCUT2D eigenvalue weighted by molar-refractivity contribution is -0.141. The van der Waals surface area contributed by atoms with E-state index in [1.165, 1.54) is 38.5 Å². The number of fused-ring (bicyclic) bond motifs is 7. The molecule has 1 aromatic heterocycles. The van der Waals surface area contributed by atoms with Crippen molar-refractivity contribution in [1.29, 1.82) is 0 Å². The Morgan fingerprint density at radius 2 is 1.80 bits per heavy atom. The fourth-order valence-corrected chi connectivity index (χ4v) is 9.48. The van der Waals surface area contributed by atoms with Crippen molar-refractivity contribution in [3.05, 3.63) is 18.0 Å². The summed E-state index contributed by atoms with van der Waals surface area (Å²) in [6.45, 7) is 7.50. The molecule has 0 saturated heterocycles. The molecule has 5 saturated carbocycles. The van der Waals surface area contributed by atoms with E-state index in [1.54, 1.807) is 0 Å². The Balaban J connectivity index is 1.22. The van der Waals surface area contributed by atoms with E-state index in [4.69, 9.17) is 0 Å². The van der Waals surface area contributed by atoms with Crippen LogP contribution in [0.15, 0.2) is 12.4 Å². The van der Waals surface area contributed by atoms with Gasteiger partial charge >= 0.3 is 0 Å². The van der Waals surface area contributed by atoms with E-state index in [1.807, 2.05) is 24.0 Å². The molecule has 5 aliphatic rings. The van der Waals surface area contributed by atoms with Gasteiger partial charge in [0, 0.05) is 12.1 Å². The van der Waals surface area contributed by atoms with E-state index in [0.29, 0.717) is 29.6 Å². The van der Waals surface area contributed by atoms with E-state index >= 15 is 0 Å². The van der Waals surface area contributed by atoms with Crippen LogP contribution < -0.4 is 0 Å². The Kier molecular flexibility index (Phi) is 4.04. The number of rotatable bonds is 3. The summed E-state index contributed by atoms with van der Waals surface area (Å²) in [5, 5.41) is 15.1. The Morgan fingerprint density at radius 3 is 2.57 bits per heavy atom. The van der Waals surface area contributed by atoms with E-state index in [-0.39, 0.29) is 16.9 Å². The molecule has 164 valence electrons. The van der Waals surface area contributed by atoms with E-state index in [2.05, 4.69) is 18.9 Å². The molecule has 0 aliphatic heterocycles. The van der Waals surface area contributed by atoms with Crippen LogP contribution in [0.2, 0.25) is 0 Å². The largest absolute Gasteiger partial charge is 0.390 e. The minimum Gasteiger partial charge on any atom is -0.390 e. The van der Waals surface area contributed by atoms with Gasteiger partial charge in [0.05, 0.1) is 18.3 Å². The van der Waals surface area contributed by atoms with E-state index in [0.717, 1.165) is 42.6 Å². The molecule has 0 spiro atoms. The van der Waals surface area contributed by atoms with Gasteiger partial charge in [-0.1, -0.05) is 13.8 Å². The molecule has 5 fully saturated rings. The lowest BCUT2D eigenvalue weighted by Crippen LogP contribution is -2.54. The number of carbonyl (C=O) groups is 1. The van der Waals surface area contributed by atoms with Crippen LogP contribution >= 0.6 is 0 Å². The Bertz CT molecular complexity index is 878. The molecule has 0 bridgehead atoms. The zero-order valence-corrected chi connectivity index (χ0v) is 18.9. The van der Waals surface area contributed by atoms with Crippen molar-refractivity contribution < 1.29 is 9.90 Å². The third kappa shape index (κ3) is 2.55. The summed E-state index contributed by atoms with van der Waals surface area (Å²) in [5.74, 6) is 4.24. The van der Waals surface area contributed by atoms with E-state index in [9.17, 15) is 9.90 Å². The summed E-state index contributed by atoms with van der Waals surface area (Å²) in [7, 11) is 0. The van der Waals surface area contributed by atoms with Crippen LogP contribution in [-0.4, -0.2) is 26.3 Å². The van der Waals surface area contributed by atoms with Gasteiger partial charge in [0.1, 0.15) is 0 Å². The number of hydrogen-bond acceptors (Lipinski definition) is 3. The fourth-order valence-electron chi connectivity index (χ4n) is 9.48. The van der Waals surface area contributed by atoms with Crippen molar-refractivity contribution in [3.8, 4) is 0 Å². The smallest absolute Gasteiger partial charge is 0.157 e. The molecular weight excluding hydrogens is 372 g/mol. The molecule has 0 amide bonds. The second-order valence-corrected chi connectivity index (χ2v) is 12.3. The number of carbonyl (C=O) groups excluding carboxylic acids is 1. The quantitative estimate of drug-likeness (QED) is 0.780. The Morgan fingerprint density at radius 1 is 1.03 bits per heavy atom. The minimum atomic E-state index is -0.296. The first-order chi connectivity index (χ1) is 14.2. The highest BCUT2D eigenvalue weighted by atomic mass is 16.3. The maximum Gasteiger partial charge on any atom is 0.157 e. The SMILES string of the molecule is Cc1cnn(CC(=O)[C@H]2CC[C@H]3[C@@H]4CC[C@H]5C6C[C@@]6(O)CC[C@]5(C)[C@H]4CC[C@]23C)c1. The van der Waals surface area contributed by atoms with Crippen LogP contribution in [-0.2, 0) is 11.3 Å². The molecule has 6 rings (SSSR count). The van der Waals surface area contributed by atoms with Gasteiger partial charge in [0.15, 0.2) is 5.78 Å². The molecule has 9 atom stereocenters. The van der Waals surface area contributed by atoms with Crippen molar-refractivity contribution in [1.82, 2.24) is 9.78 Å². The van der Waals surface area contributed by atoms with Gasteiger partial charge in [-0.25, -0.2) is 0 Å². The van der Waals surface area contributed by atoms with Crippen molar-refractivity contribution in [2.45, 2.75) is 90.7 Å². The van der Waals surface area contributed by atoms with Gasteiger partial charge < -0.3 is 5.11 Å². The fraction of sp³-hybridized carbons (Fsp3) is 0.846. The summed E-state index contributed by atoms with van der Waals surface area (Å²) in [4.78, 5) is 13.3. The number of aliphatic hydroxyl groups is 1. The van der Waals surface area contributed by atoms with Gasteiger partial charge in [0.2, 0.25) is 0 Å². The second-order valence-electron chi connectivity index (χ2n) is 12.3. The van der Waals surface area contributed by atoms with Crippen LogP contribution in [0.25, 0.3) is 0 Å². The predicted molar refractivity (Wildman–Crippen MR) is 116 cm³/mol. The van der Waals surface area contributed by atoms with Gasteiger partial charge in [-0.15, -0.1) is 0 Å². The standard InChI is InChI=1S/C26H38N2O2/c1-16-13-27-28(14-16)15-23(29)21-7-6-18-17-4-5-20-22-12-26(22,30)11-10-25(20,3)19(17)8-9-24(18,21)2/h13-14,17-22,30H,4-12,15H2,1-3H3/t17-,18-,19-,20-,21+,22?,24-,25+,26-/m0/s1. The van der Waals surface area contributed by atoms with Crippen molar-refractivity contribution in [2.75, 3.05) is 0 Å². The first-order valence-corrected chi connectivity index (χ1v) is 12.5. The molecule has 4 nitrogen and oxygen atoms in total. The number of nitrogens with zero attached hydrogens (tertiary/aromatic N) is 2. The number of Topliss-reactive ketones (excluding diaryl/α,β-unsaturated/α-hetero) is 1. The zero-order chi connectivity index (χ0) is 20.9. The van der Waals surface area contributed by atoms with Crippen LogP contribution in [0.5, 0.6) is 0 Å². The first kappa shape index (κ1) is 19.5. The molecular formula is C26H38N2O2. The lowest BCUT2D eigenvalue weighted by Gasteiger charge is -2.60. The highest BCUT2D eigenvalue weighted by Gasteiger charge is 2.68. The van der Waals surface area contributed by atoms with Crippen molar-refractivity contribution in [2.24, 2.45) is 46.3 Å². The maximum absolute atomic E-state index is 13.3. The average Bonchev–Trinajstić information content (AvgIpc) is 3.02. The minimum absolute atomic E-state index is 0.179. The van der Waals surface area contributed by atoms with Gasteiger partial charge in [-0.2, -0.15) is 5.10 Å². The third-order valence-corrected chi connectivity index (χ3v) is 11.1. The third-order valence-electron chi connectivity index (χ3n) is 11.1. The molecule has 4 heteroatoms. The summed E-state index contributed by atoms with van der Waals surface area (Å²) in [5.41, 5.74) is 1.43. The summed E-state index contributed by atoms with van der Waals surface area (Å²) >= 11 is 0. The summed E-state index contributed by atoms with van der Waals surface area (Å²) in [6.07, 6.45) is 14.6. The van der Waals surface area contributed by atoms with Crippen LogP contribution in [0.4, 0.5) is 0 Å². The number of ketones is 1. The maximum atomic E-state index is 13.3. The zero-order valence-electron chi connectivity index (χ0n) is 18.9. The number of aromatic nitrogens is 2. The Labute approximate surface area is 180 Å². The average molecular weight is 411 g/mol. The lowest BCUT2D eigenvalue weighted by atomic mass is 9.44. The molecule has 0 radical (unpaired) electrons. The molecule has 1 unspecified atom stereocenters. The highest BCUT2D eigenvalue weighted by Crippen LogP contribution is 2.72. The van der Waals surface area contributed by atoms with Gasteiger partial charge in [0.25, 0.3) is 0 Å².